The van der Waals surface area contributed by atoms with E-state index in [0.29, 0.717) is 12.0 Å². The van der Waals surface area contributed by atoms with Crippen LogP contribution >= 0.6 is 0 Å². The van der Waals surface area contributed by atoms with Gasteiger partial charge in [0.15, 0.2) is 11.4 Å². The minimum Gasteiger partial charge on any atom is -0.394 e. The molecule has 148 valence electrons. The number of hydrogen-bond donors (Lipinski definition) is 4. The fraction of sp³-hybridized carbons (Fsp3) is 0.526. The topological polar surface area (TPSA) is 128 Å². The van der Waals surface area contributed by atoms with Gasteiger partial charge in [0, 0.05) is 5.56 Å². The fourth-order valence-electron chi connectivity index (χ4n) is 2.72. The molecule has 27 heavy (non-hydrogen) atoms. The minimum atomic E-state index is -1.26. The lowest BCUT2D eigenvalue weighted by Crippen LogP contribution is -2.55. The van der Waals surface area contributed by atoms with Crippen LogP contribution in [-0.4, -0.2) is 65.3 Å². The molecule has 1 heterocycles. The normalized spacial score (nSPS) is 20.6. The summed E-state index contributed by atoms with van der Waals surface area (Å²) in [5.41, 5.74) is -0.904. The molecule has 0 spiro atoms. The molecule has 2 amide bonds. The van der Waals surface area contributed by atoms with Crippen LogP contribution in [-0.2, 0) is 14.3 Å². The van der Waals surface area contributed by atoms with Crippen molar-refractivity contribution in [2.75, 3.05) is 19.8 Å². The molecule has 0 aromatic heterocycles. The van der Waals surface area contributed by atoms with Gasteiger partial charge in [0.2, 0.25) is 5.91 Å². The number of carbonyl (C=O) groups is 3. The second-order valence-electron chi connectivity index (χ2n) is 7.07. The van der Waals surface area contributed by atoms with Gasteiger partial charge in [0.25, 0.3) is 5.91 Å². The molecule has 8 heteroatoms. The van der Waals surface area contributed by atoms with E-state index in [1.807, 2.05) is 13.8 Å². The highest BCUT2D eigenvalue weighted by atomic mass is 16.6. The molecule has 1 fully saturated rings. The van der Waals surface area contributed by atoms with Gasteiger partial charge in [-0.1, -0.05) is 32.0 Å². The van der Waals surface area contributed by atoms with E-state index in [0.717, 1.165) is 0 Å². The minimum absolute atomic E-state index is 0.0974. The SMILES string of the molecule is CC(C)CC(NC(=O)[C@H](CO)NC(=O)c1ccccc1)C(=O)C1(CO)CO1. The molecule has 3 atom stereocenters. The van der Waals surface area contributed by atoms with Crippen LogP contribution in [0.1, 0.15) is 30.6 Å². The predicted octanol–water partition coefficient (Wildman–Crippen LogP) is -0.361. The van der Waals surface area contributed by atoms with Gasteiger partial charge in [-0.2, -0.15) is 0 Å². The van der Waals surface area contributed by atoms with E-state index in [1.54, 1.807) is 30.3 Å². The number of amides is 2. The number of epoxide rings is 1. The summed E-state index contributed by atoms with van der Waals surface area (Å²) in [5.74, 6) is -1.48. The number of ketones is 1. The third-order valence-corrected chi connectivity index (χ3v) is 4.38. The lowest BCUT2D eigenvalue weighted by Gasteiger charge is -2.24. The number of ether oxygens (including phenoxy) is 1. The quantitative estimate of drug-likeness (QED) is 0.412. The van der Waals surface area contributed by atoms with Crippen LogP contribution in [0.4, 0.5) is 0 Å². The number of aliphatic hydroxyl groups is 2. The van der Waals surface area contributed by atoms with Crippen LogP contribution in [0.2, 0.25) is 0 Å². The first-order chi connectivity index (χ1) is 12.8. The van der Waals surface area contributed by atoms with Crippen LogP contribution in [0.25, 0.3) is 0 Å². The van der Waals surface area contributed by atoms with Crippen molar-refractivity contribution in [1.82, 2.24) is 10.6 Å². The zero-order valence-electron chi connectivity index (χ0n) is 15.5. The first-order valence-electron chi connectivity index (χ1n) is 8.89. The Morgan fingerprint density at radius 1 is 1.11 bits per heavy atom. The molecule has 1 saturated heterocycles. The van der Waals surface area contributed by atoms with Gasteiger partial charge in [-0.05, 0) is 24.5 Å². The zero-order chi connectivity index (χ0) is 20.0. The lowest BCUT2D eigenvalue weighted by molar-refractivity contribution is -0.133. The molecule has 4 N–H and O–H groups in total. The van der Waals surface area contributed by atoms with E-state index in [9.17, 15) is 24.6 Å². The predicted molar refractivity (Wildman–Crippen MR) is 96.9 cm³/mol. The highest BCUT2D eigenvalue weighted by molar-refractivity contribution is 6.00. The summed E-state index contributed by atoms with van der Waals surface area (Å²) in [6, 6.07) is 6.21. The Balaban J connectivity index is 2.05. The van der Waals surface area contributed by atoms with Crippen molar-refractivity contribution in [3.8, 4) is 0 Å². The van der Waals surface area contributed by atoms with Crippen LogP contribution in [0.5, 0.6) is 0 Å². The van der Waals surface area contributed by atoms with Crippen molar-refractivity contribution in [1.29, 1.82) is 0 Å². The Labute approximate surface area is 157 Å². The Morgan fingerprint density at radius 2 is 1.74 bits per heavy atom. The molecule has 1 aliphatic heterocycles. The van der Waals surface area contributed by atoms with Gasteiger partial charge in [0.1, 0.15) is 6.04 Å². The number of aliphatic hydroxyl groups excluding tert-OH is 2. The average Bonchev–Trinajstić information content (AvgIpc) is 3.46. The molecule has 0 bridgehead atoms. The molecule has 1 aromatic rings. The summed E-state index contributed by atoms with van der Waals surface area (Å²) in [4.78, 5) is 37.4. The highest BCUT2D eigenvalue weighted by Gasteiger charge is 2.54. The Kier molecular flexibility index (Phi) is 7.06. The monoisotopic (exact) mass is 378 g/mol. The van der Waals surface area contributed by atoms with Gasteiger partial charge in [0.05, 0.1) is 25.9 Å². The van der Waals surface area contributed by atoms with E-state index < -0.39 is 48.5 Å². The molecule has 1 aliphatic rings. The number of hydrogen-bond acceptors (Lipinski definition) is 6. The van der Waals surface area contributed by atoms with E-state index in [2.05, 4.69) is 10.6 Å². The molecule has 0 saturated carbocycles. The van der Waals surface area contributed by atoms with Crippen molar-refractivity contribution in [2.45, 2.75) is 38.0 Å². The molecule has 2 unspecified atom stereocenters. The third kappa shape index (κ3) is 5.35. The van der Waals surface area contributed by atoms with Crippen molar-refractivity contribution >= 4 is 17.6 Å². The molecule has 2 rings (SSSR count). The van der Waals surface area contributed by atoms with Gasteiger partial charge in [-0.15, -0.1) is 0 Å². The number of carbonyl (C=O) groups excluding carboxylic acids is 3. The van der Waals surface area contributed by atoms with Crippen molar-refractivity contribution < 1.29 is 29.3 Å². The van der Waals surface area contributed by atoms with Gasteiger partial charge in [-0.3, -0.25) is 14.4 Å². The molecular formula is C19H26N2O6. The average molecular weight is 378 g/mol. The van der Waals surface area contributed by atoms with E-state index >= 15 is 0 Å². The maximum absolute atomic E-state index is 12.6. The number of benzene rings is 1. The maximum Gasteiger partial charge on any atom is 0.251 e. The van der Waals surface area contributed by atoms with Gasteiger partial charge in [-0.25, -0.2) is 0 Å². The molecule has 0 aliphatic carbocycles. The summed E-state index contributed by atoms with van der Waals surface area (Å²) in [7, 11) is 0. The highest BCUT2D eigenvalue weighted by Crippen LogP contribution is 2.30. The van der Waals surface area contributed by atoms with E-state index in [4.69, 9.17) is 4.74 Å². The fourth-order valence-corrected chi connectivity index (χ4v) is 2.72. The maximum atomic E-state index is 12.6. The summed E-state index contributed by atoms with van der Waals surface area (Å²) in [5, 5.41) is 23.9. The summed E-state index contributed by atoms with van der Waals surface area (Å²) < 4.78 is 5.09. The lowest BCUT2D eigenvalue weighted by atomic mass is 9.92. The molecule has 0 radical (unpaired) electrons. The first-order valence-corrected chi connectivity index (χ1v) is 8.89. The van der Waals surface area contributed by atoms with Crippen molar-refractivity contribution in [2.24, 2.45) is 5.92 Å². The number of rotatable bonds is 10. The van der Waals surface area contributed by atoms with Gasteiger partial charge < -0.3 is 25.6 Å². The molecular weight excluding hydrogens is 352 g/mol. The van der Waals surface area contributed by atoms with Crippen molar-refractivity contribution in [3.05, 3.63) is 35.9 Å². The van der Waals surface area contributed by atoms with Crippen molar-refractivity contribution in [3.63, 3.8) is 0 Å². The second kappa shape index (κ2) is 9.07. The number of Topliss-reactive ketones (excluding diaryl/α,β-unsaturated/α-hetero) is 1. The van der Waals surface area contributed by atoms with E-state index in [-0.39, 0.29) is 12.5 Å². The Morgan fingerprint density at radius 3 is 2.22 bits per heavy atom. The summed E-state index contributed by atoms with van der Waals surface area (Å²) in [6.45, 7) is 2.83. The van der Waals surface area contributed by atoms with Crippen LogP contribution in [0.15, 0.2) is 30.3 Å². The Bertz CT molecular complexity index is 672. The standard InChI is InChI=1S/C19H26N2O6/c1-12(2)8-14(16(24)19(10-23)11-27-19)20-18(26)15(9-22)21-17(25)13-6-4-3-5-7-13/h3-7,12,14-15,22-23H,8-11H2,1-2H3,(H,20,26)(H,21,25)/t14?,15-,19?/m0/s1. The zero-order valence-corrected chi connectivity index (χ0v) is 15.5. The second-order valence-corrected chi connectivity index (χ2v) is 7.07. The van der Waals surface area contributed by atoms with Crippen LogP contribution in [0, 0.1) is 5.92 Å². The van der Waals surface area contributed by atoms with Gasteiger partial charge >= 0.3 is 0 Å². The molecule has 1 aromatic carbocycles. The molecule has 8 nitrogen and oxygen atoms in total. The summed E-state index contributed by atoms with van der Waals surface area (Å²) >= 11 is 0. The smallest absolute Gasteiger partial charge is 0.251 e. The van der Waals surface area contributed by atoms with E-state index in [1.165, 1.54) is 0 Å². The summed E-state index contributed by atoms with van der Waals surface area (Å²) in [6.07, 6.45) is 0.348. The third-order valence-electron chi connectivity index (χ3n) is 4.38. The Hall–Kier alpha value is -2.29. The largest absolute Gasteiger partial charge is 0.394 e. The van der Waals surface area contributed by atoms with Crippen LogP contribution in [0.3, 0.4) is 0 Å². The first kappa shape index (κ1) is 21.0. The number of nitrogens with one attached hydrogen (secondary N) is 2. The van der Waals surface area contributed by atoms with Crippen LogP contribution < -0.4 is 10.6 Å².